The van der Waals surface area contributed by atoms with E-state index in [0.717, 1.165) is 0 Å². The van der Waals surface area contributed by atoms with E-state index in [2.05, 4.69) is 10.5 Å². The third-order valence-electron chi connectivity index (χ3n) is 2.81. The van der Waals surface area contributed by atoms with Crippen molar-refractivity contribution in [3.8, 4) is 5.75 Å². The van der Waals surface area contributed by atoms with Crippen molar-refractivity contribution in [2.45, 2.75) is 0 Å². The Balaban J connectivity index is 2.01. The zero-order chi connectivity index (χ0) is 16.7. The van der Waals surface area contributed by atoms with Crippen molar-refractivity contribution in [3.05, 3.63) is 59.7 Å². The monoisotopic (exact) mass is 312 g/mol. The summed E-state index contributed by atoms with van der Waals surface area (Å²) in [6, 6.07) is 13.1. The molecule has 7 heteroatoms. The maximum atomic E-state index is 11.9. The van der Waals surface area contributed by atoms with E-state index in [0.29, 0.717) is 22.6 Å². The van der Waals surface area contributed by atoms with E-state index < -0.39 is 18.5 Å². The van der Waals surface area contributed by atoms with Crippen molar-refractivity contribution in [1.29, 1.82) is 0 Å². The number of carbonyl (C=O) groups is 2. The van der Waals surface area contributed by atoms with E-state index in [4.69, 9.17) is 10.5 Å². The van der Waals surface area contributed by atoms with Gasteiger partial charge in [-0.25, -0.2) is 5.43 Å². The SMILES string of the molecule is Nc1ccc(C(=O)N/N=C\c2ccccc2OCC(=O)[O-])cc1. The Labute approximate surface area is 132 Å². The number of benzene rings is 2. The average molecular weight is 312 g/mol. The number of hydrogen-bond donors (Lipinski definition) is 2. The van der Waals surface area contributed by atoms with E-state index in [-0.39, 0.29) is 0 Å². The van der Waals surface area contributed by atoms with Gasteiger partial charge in [-0.1, -0.05) is 12.1 Å². The first-order valence-corrected chi connectivity index (χ1v) is 6.67. The molecule has 0 heterocycles. The zero-order valence-electron chi connectivity index (χ0n) is 12.1. The number of aliphatic carboxylic acids is 1. The average Bonchev–Trinajstić information content (AvgIpc) is 2.54. The van der Waals surface area contributed by atoms with Crippen LogP contribution in [0.25, 0.3) is 0 Å². The highest BCUT2D eigenvalue weighted by Gasteiger charge is 2.04. The number of ether oxygens (including phenoxy) is 1. The van der Waals surface area contributed by atoms with Gasteiger partial charge in [-0.3, -0.25) is 4.79 Å². The third-order valence-corrected chi connectivity index (χ3v) is 2.81. The minimum atomic E-state index is -1.33. The summed E-state index contributed by atoms with van der Waals surface area (Å²) in [5, 5.41) is 14.3. The minimum Gasteiger partial charge on any atom is -0.546 e. The number of hydrogen-bond acceptors (Lipinski definition) is 6. The van der Waals surface area contributed by atoms with Crippen LogP contribution in [0, 0.1) is 0 Å². The molecule has 0 radical (unpaired) electrons. The Morgan fingerprint density at radius 1 is 1.17 bits per heavy atom. The number of nitrogens with one attached hydrogen (secondary N) is 1. The second-order valence-electron chi connectivity index (χ2n) is 4.52. The molecule has 0 aliphatic carbocycles. The summed E-state index contributed by atoms with van der Waals surface area (Å²) < 4.78 is 5.07. The minimum absolute atomic E-state index is 0.321. The Morgan fingerprint density at radius 3 is 2.57 bits per heavy atom. The number of carbonyl (C=O) groups excluding carboxylic acids is 2. The molecule has 2 rings (SSSR count). The second-order valence-corrected chi connectivity index (χ2v) is 4.52. The Kier molecular flexibility index (Phi) is 5.30. The lowest BCUT2D eigenvalue weighted by Gasteiger charge is -2.09. The van der Waals surface area contributed by atoms with Crippen LogP contribution in [0.5, 0.6) is 5.75 Å². The molecule has 2 aromatic carbocycles. The van der Waals surface area contributed by atoms with Gasteiger partial charge in [-0.15, -0.1) is 0 Å². The van der Waals surface area contributed by atoms with Crippen LogP contribution in [0.4, 0.5) is 5.69 Å². The summed E-state index contributed by atoms with van der Waals surface area (Å²) in [7, 11) is 0. The van der Waals surface area contributed by atoms with Gasteiger partial charge in [-0.2, -0.15) is 5.10 Å². The van der Waals surface area contributed by atoms with Gasteiger partial charge in [-0.05, 0) is 36.4 Å². The fraction of sp³-hybridized carbons (Fsp3) is 0.0625. The van der Waals surface area contributed by atoms with Gasteiger partial charge in [0, 0.05) is 16.8 Å². The van der Waals surface area contributed by atoms with Crippen LogP contribution in [-0.4, -0.2) is 24.7 Å². The Morgan fingerprint density at radius 2 is 1.87 bits per heavy atom. The molecule has 0 unspecified atom stereocenters. The molecule has 0 aromatic heterocycles. The molecule has 0 atom stereocenters. The maximum Gasteiger partial charge on any atom is 0.271 e. The van der Waals surface area contributed by atoms with Gasteiger partial charge < -0.3 is 20.4 Å². The van der Waals surface area contributed by atoms with Crippen LogP contribution in [0.1, 0.15) is 15.9 Å². The van der Waals surface area contributed by atoms with Crippen LogP contribution in [0.15, 0.2) is 53.6 Å². The van der Waals surface area contributed by atoms with Crippen molar-refractivity contribution >= 4 is 23.8 Å². The van der Waals surface area contributed by atoms with Crippen molar-refractivity contribution in [2.75, 3.05) is 12.3 Å². The van der Waals surface area contributed by atoms with Crippen LogP contribution in [0.3, 0.4) is 0 Å². The summed E-state index contributed by atoms with van der Waals surface area (Å²) in [4.78, 5) is 22.3. The molecule has 0 aliphatic heterocycles. The van der Waals surface area contributed by atoms with Crippen LogP contribution < -0.4 is 21.0 Å². The van der Waals surface area contributed by atoms with E-state index in [1.807, 2.05) is 0 Å². The molecule has 2 aromatic rings. The van der Waals surface area contributed by atoms with Crippen molar-refractivity contribution in [1.82, 2.24) is 5.43 Å². The lowest BCUT2D eigenvalue weighted by atomic mass is 10.2. The largest absolute Gasteiger partial charge is 0.546 e. The highest BCUT2D eigenvalue weighted by molar-refractivity contribution is 5.95. The smallest absolute Gasteiger partial charge is 0.271 e. The first kappa shape index (κ1) is 16.0. The Hall–Kier alpha value is -3.35. The quantitative estimate of drug-likeness (QED) is 0.448. The maximum absolute atomic E-state index is 11.9. The van der Waals surface area contributed by atoms with Gasteiger partial charge in [0.2, 0.25) is 0 Å². The van der Waals surface area contributed by atoms with E-state index in [1.54, 1.807) is 48.5 Å². The predicted molar refractivity (Wildman–Crippen MR) is 82.9 cm³/mol. The fourth-order valence-electron chi connectivity index (χ4n) is 1.71. The van der Waals surface area contributed by atoms with Gasteiger partial charge in [0.25, 0.3) is 5.91 Å². The van der Waals surface area contributed by atoms with Crippen molar-refractivity contribution in [2.24, 2.45) is 5.10 Å². The molecule has 0 fully saturated rings. The number of amides is 1. The lowest BCUT2D eigenvalue weighted by molar-refractivity contribution is -0.307. The third kappa shape index (κ3) is 4.85. The summed E-state index contributed by atoms with van der Waals surface area (Å²) in [5.41, 5.74) is 9.41. The van der Waals surface area contributed by atoms with E-state index in [1.165, 1.54) is 6.21 Å². The molecule has 1 amide bonds. The predicted octanol–water partition coefficient (Wildman–Crippen LogP) is 0.161. The van der Waals surface area contributed by atoms with Gasteiger partial charge >= 0.3 is 0 Å². The molecular weight excluding hydrogens is 298 g/mol. The number of nitrogens with two attached hydrogens (primary N) is 1. The number of nitrogen functional groups attached to an aromatic ring is 1. The van der Waals surface area contributed by atoms with Crippen LogP contribution in [0.2, 0.25) is 0 Å². The zero-order valence-corrected chi connectivity index (χ0v) is 12.1. The summed E-state index contributed by atoms with van der Waals surface area (Å²) in [5.74, 6) is -1.40. The lowest BCUT2D eigenvalue weighted by Crippen LogP contribution is -2.29. The number of rotatable bonds is 6. The summed E-state index contributed by atoms with van der Waals surface area (Å²) >= 11 is 0. The molecule has 0 spiro atoms. The molecule has 0 bridgehead atoms. The molecule has 0 saturated carbocycles. The number of nitrogens with zero attached hydrogens (tertiary/aromatic N) is 1. The molecule has 23 heavy (non-hydrogen) atoms. The molecule has 118 valence electrons. The second kappa shape index (κ2) is 7.60. The topological polar surface area (TPSA) is 117 Å². The highest BCUT2D eigenvalue weighted by atomic mass is 16.5. The number of carboxylic acids is 1. The van der Waals surface area contributed by atoms with Crippen LogP contribution in [-0.2, 0) is 4.79 Å². The summed E-state index contributed by atoms with van der Waals surface area (Å²) in [6.07, 6.45) is 1.36. The van der Waals surface area contributed by atoms with E-state index >= 15 is 0 Å². The number of hydrazone groups is 1. The normalized spacial score (nSPS) is 10.4. The Bertz CT molecular complexity index is 726. The molecule has 0 saturated heterocycles. The van der Waals surface area contributed by atoms with Crippen molar-refractivity contribution < 1.29 is 19.4 Å². The van der Waals surface area contributed by atoms with Gasteiger partial charge in [0.15, 0.2) is 0 Å². The number of carboxylic acid groups (broad SMARTS) is 1. The fourth-order valence-corrected chi connectivity index (χ4v) is 1.71. The van der Waals surface area contributed by atoms with Gasteiger partial charge in [0.05, 0.1) is 12.2 Å². The standard InChI is InChI=1S/C16H15N3O4/c17-13-7-5-11(6-8-13)16(22)19-18-9-12-3-1-2-4-14(12)23-10-15(20)21/h1-9H,10,17H2,(H,19,22)(H,20,21)/p-1/b18-9-. The molecule has 0 aliphatic rings. The molecule has 7 nitrogen and oxygen atoms in total. The van der Waals surface area contributed by atoms with Crippen molar-refractivity contribution in [3.63, 3.8) is 0 Å². The summed E-state index contributed by atoms with van der Waals surface area (Å²) in [6.45, 7) is -0.567. The van der Waals surface area contributed by atoms with Crippen LogP contribution >= 0.6 is 0 Å². The molecule has 3 N–H and O–H groups in total. The molecular formula is C16H14N3O4-. The number of anilines is 1. The first-order chi connectivity index (χ1) is 11.1. The number of para-hydroxylation sites is 1. The van der Waals surface area contributed by atoms with Gasteiger partial charge in [0.1, 0.15) is 12.4 Å². The van der Waals surface area contributed by atoms with E-state index in [9.17, 15) is 14.7 Å². The highest BCUT2D eigenvalue weighted by Crippen LogP contribution is 2.15. The first-order valence-electron chi connectivity index (χ1n) is 6.67.